The molecular weight excluding hydrogens is 813 g/mol. The Morgan fingerprint density at radius 1 is 0.661 bits per heavy atom. The summed E-state index contributed by atoms with van der Waals surface area (Å²) < 4.78 is 18.3. The maximum absolute atomic E-state index is 14.6. The topological polar surface area (TPSA) is 200 Å². The van der Waals surface area contributed by atoms with Crippen LogP contribution in [0.1, 0.15) is 85.3 Å². The number of ether oxygens (including phenoxy) is 1. The van der Waals surface area contributed by atoms with Gasteiger partial charge in [-0.1, -0.05) is 102 Å². The molecule has 1 aliphatic heterocycles. The number of esters is 1. The van der Waals surface area contributed by atoms with Gasteiger partial charge in [0.15, 0.2) is 6.10 Å². The second kappa shape index (κ2) is 24.5. The van der Waals surface area contributed by atoms with Gasteiger partial charge >= 0.3 is 5.97 Å². The summed E-state index contributed by atoms with van der Waals surface area (Å²) in [6.07, 6.45) is 1.34. The number of rotatable bonds is 12. The standard InChI is InChI=1S/C46H68N6O9S/c1-11-18-34-30(6)46(59)61-39(29(4)5)45(58)52(9)38(27-33-21-16-13-17-22-33)43(56)49-35(23-24-62(10)60)41(54)50-36(26-32-19-14-12-15-20-32)44(57)51(8)37(25-28(2)3)42(55)47-31(7)40(53)48-34/h12-17,19-22,28-31,34-39H,11,18,23-27H2,1-10H3,(H,47,55)(H,48,53)(H,49,56)(H,50,54)/t30-,31+,34-,35+,36+,37+,38-,39-,62?/m1/s1. The molecule has 2 aromatic rings. The lowest BCUT2D eigenvalue weighted by atomic mass is 9.96. The molecule has 6 amide bonds. The third-order valence-electron chi connectivity index (χ3n) is 11.2. The van der Waals surface area contributed by atoms with E-state index < -0.39 is 106 Å². The third kappa shape index (κ3) is 15.1. The van der Waals surface area contributed by atoms with Crippen molar-refractivity contribution in [3.8, 4) is 0 Å². The van der Waals surface area contributed by atoms with Crippen LogP contribution in [0.4, 0.5) is 0 Å². The van der Waals surface area contributed by atoms with Gasteiger partial charge in [0.05, 0.1) is 5.92 Å². The molecule has 0 radical (unpaired) electrons. The van der Waals surface area contributed by atoms with Crippen molar-refractivity contribution >= 4 is 52.2 Å². The molecule has 0 saturated carbocycles. The second-order valence-corrected chi connectivity index (χ2v) is 18.7. The van der Waals surface area contributed by atoms with Crippen molar-refractivity contribution in [1.82, 2.24) is 31.1 Å². The largest absolute Gasteiger partial charge is 0.452 e. The Balaban J connectivity index is 2.22. The number of carbonyl (C=O) groups excluding carboxylic acids is 7. The Bertz CT molecular complexity index is 1860. The molecule has 1 heterocycles. The van der Waals surface area contributed by atoms with Crippen LogP contribution in [0.25, 0.3) is 0 Å². The number of cyclic esters (lactones) is 1. The number of amides is 6. The highest BCUT2D eigenvalue weighted by Gasteiger charge is 2.40. The van der Waals surface area contributed by atoms with E-state index in [1.54, 1.807) is 69.3 Å². The molecule has 0 aromatic heterocycles. The van der Waals surface area contributed by atoms with Crippen LogP contribution in [0.3, 0.4) is 0 Å². The fourth-order valence-electron chi connectivity index (χ4n) is 7.34. The van der Waals surface area contributed by atoms with Crippen LogP contribution in [0.15, 0.2) is 60.7 Å². The first kappa shape index (κ1) is 51.2. The molecule has 0 bridgehead atoms. The summed E-state index contributed by atoms with van der Waals surface area (Å²) in [7, 11) is 1.53. The maximum atomic E-state index is 14.6. The lowest BCUT2D eigenvalue weighted by Crippen LogP contribution is -2.61. The summed E-state index contributed by atoms with van der Waals surface area (Å²) in [6, 6.07) is 11.4. The average molecular weight is 881 g/mol. The molecule has 0 aliphatic carbocycles. The highest BCUT2D eigenvalue weighted by molar-refractivity contribution is 7.84. The molecule has 1 saturated heterocycles. The van der Waals surface area contributed by atoms with Crippen LogP contribution in [0.5, 0.6) is 0 Å². The summed E-state index contributed by atoms with van der Waals surface area (Å²) in [6.45, 7) is 12.2. The zero-order valence-electron chi connectivity index (χ0n) is 38.0. The number of nitrogens with one attached hydrogen (secondary N) is 4. The van der Waals surface area contributed by atoms with E-state index in [0.29, 0.717) is 24.0 Å². The van der Waals surface area contributed by atoms with Crippen LogP contribution in [-0.4, -0.2) is 124 Å². The van der Waals surface area contributed by atoms with E-state index in [-0.39, 0.29) is 37.4 Å². The number of likely N-dealkylation sites (N-methyl/N-ethyl adjacent to an activating group) is 2. The van der Waals surface area contributed by atoms with Gasteiger partial charge in [0, 0.05) is 55.8 Å². The molecule has 1 unspecified atom stereocenters. The zero-order chi connectivity index (χ0) is 46.3. The quantitative estimate of drug-likeness (QED) is 0.232. The van der Waals surface area contributed by atoms with Gasteiger partial charge in [-0.25, -0.2) is 0 Å². The molecule has 15 nitrogen and oxygen atoms in total. The van der Waals surface area contributed by atoms with E-state index in [9.17, 15) is 37.8 Å². The van der Waals surface area contributed by atoms with Crippen molar-refractivity contribution in [3.63, 3.8) is 0 Å². The Hall–Kier alpha value is -5.12. The summed E-state index contributed by atoms with van der Waals surface area (Å²) in [5.74, 6) is -6.06. The predicted molar refractivity (Wildman–Crippen MR) is 239 cm³/mol. The Kier molecular flexibility index (Phi) is 20.2. The fraction of sp³-hybridized carbons (Fsp3) is 0.587. The first-order valence-corrected chi connectivity index (χ1v) is 23.3. The number of benzene rings is 2. The molecule has 16 heteroatoms. The molecule has 3 rings (SSSR count). The van der Waals surface area contributed by atoms with E-state index in [1.165, 1.54) is 37.1 Å². The molecule has 9 atom stereocenters. The highest BCUT2D eigenvalue weighted by Crippen LogP contribution is 2.21. The van der Waals surface area contributed by atoms with E-state index >= 15 is 0 Å². The smallest absolute Gasteiger partial charge is 0.311 e. The normalized spacial score (nSPS) is 26.2. The third-order valence-corrected chi connectivity index (χ3v) is 12.0. The summed E-state index contributed by atoms with van der Waals surface area (Å²) in [5.41, 5.74) is 1.42. The van der Waals surface area contributed by atoms with E-state index in [1.807, 2.05) is 32.9 Å². The van der Waals surface area contributed by atoms with Crippen LogP contribution in [0, 0.1) is 17.8 Å². The SMILES string of the molecule is CCC[C@H]1NC(=O)[C@H](C)NC(=O)[C@H](CC(C)C)N(C)C(=O)[C@H](Cc2ccccc2)NC(=O)[C@H](CCS(C)=O)NC(=O)[C@@H](Cc2ccccc2)N(C)C(=O)[C@@H](C(C)C)OC(=O)[C@@H]1C. The first-order valence-electron chi connectivity index (χ1n) is 21.6. The summed E-state index contributed by atoms with van der Waals surface area (Å²) in [4.78, 5) is 102. The molecule has 0 spiro atoms. The lowest BCUT2D eigenvalue weighted by molar-refractivity contribution is -0.168. The average Bonchev–Trinajstić information content (AvgIpc) is 3.23. The fourth-order valence-corrected chi connectivity index (χ4v) is 7.90. The van der Waals surface area contributed by atoms with Gasteiger partial charge in [-0.05, 0) is 56.1 Å². The number of hydrogen-bond donors (Lipinski definition) is 4. The Labute approximate surface area is 369 Å². The molecular formula is C46H68N6O9S. The maximum Gasteiger partial charge on any atom is 0.311 e. The van der Waals surface area contributed by atoms with Crippen molar-refractivity contribution < 1.29 is 42.5 Å². The molecule has 4 N–H and O–H groups in total. The van der Waals surface area contributed by atoms with Crippen LogP contribution < -0.4 is 21.3 Å². The van der Waals surface area contributed by atoms with Gasteiger partial charge in [-0.3, -0.25) is 37.8 Å². The minimum absolute atomic E-state index is 0.0265. The number of carbonyl (C=O) groups is 7. The summed E-state index contributed by atoms with van der Waals surface area (Å²) >= 11 is 0. The minimum atomic E-state index is -1.37. The van der Waals surface area contributed by atoms with Crippen LogP contribution >= 0.6 is 0 Å². The van der Waals surface area contributed by atoms with Crippen molar-refractivity contribution in [1.29, 1.82) is 0 Å². The molecule has 62 heavy (non-hydrogen) atoms. The monoisotopic (exact) mass is 880 g/mol. The molecule has 342 valence electrons. The van der Waals surface area contributed by atoms with Crippen molar-refractivity contribution in [2.75, 3.05) is 26.1 Å². The second-order valence-electron chi connectivity index (χ2n) is 17.2. The van der Waals surface area contributed by atoms with Gasteiger partial charge in [0.2, 0.25) is 29.5 Å². The van der Waals surface area contributed by atoms with E-state index in [0.717, 1.165) is 0 Å². The Morgan fingerprint density at radius 3 is 1.73 bits per heavy atom. The van der Waals surface area contributed by atoms with Crippen molar-refractivity contribution in [3.05, 3.63) is 71.8 Å². The molecule has 1 aliphatic rings. The van der Waals surface area contributed by atoms with Gasteiger partial charge in [-0.2, -0.15) is 0 Å². The Morgan fingerprint density at radius 2 is 1.19 bits per heavy atom. The van der Waals surface area contributed by atoms with Crippen molar-refractivity contribution in [2.24, 2.45) is 17.8 Å². The van der Waals surface area contributed by atoms with Crippen molar-refractivity contribution in [2.45, 2.75) is 129 Å². The van der Waals surface area contributed by atoms with Gasteiger partial charge < -0.3 is 35.8 Å². The van der Waals surface area contributed by atoms with E-state index in [4.69, 9.17) is 4.74 Å². The van der Waals surface area contributed by atoms with Gasteiger partial charge in [0.1, 0.15) is 30.2 Å². The zero-order valence-corrected chi connectivity index (χ0v) is 38.8. The molecule has 2 aromatic carbocycles. The number of hydrogen-bond acceptors (Lipinski definition) is 9. The minimum Gasteiger partial charge on any atom is -0.452 e. The number of nitrogens with zero attached hydrogens (tertiary/aromatic N) is 2. The van der Waals surface area contributed by atoms with E-state index in [2.05, 4.69) is 21.3 Å². The van der Waals surface area contributed by atoms with Gasteiger partial charge in [-0.15, -0.1) is 0 Å². The van der Waals surface area contributed by atoms with Crippen LogP contribution in [-0.2, 0) is 61.9 Å². The highest BCUT2D eigenvalue weighted by atomic mass is 32.2. The predicted octanol–water partition coefficient (Wildman–Crippen LogP) is 2.92. The van der Waals surface area contributed by atoms with Gasteiger partial charge in [0.25, 0.3) is 5.91 Å². The van der Waals surface area contributed by atoms with Crippen LogP contribution in [0.2, 0.25) is 0 Å². The lowest BCUT2D eigenvalue weighted by Gasteiger charge is -2.35. The first-order chi connectivity index (χ1) is 29.2. The summed E-state index contributed by atoms with van der Waals surface area (Å²) in [5, 5.41) is 11.3. The molecule has 1 fully saturated rings.